The minimum Gasteiger partial charge on any atom is -0.315 e. The van der Waals surface area contributed by atoms with Gasteiger partial charge in [0.2, 0.25) is 10.0 Å². The van der Waals surface area contributed by atoms with E-state index in [1.54, 1.807) is 4.31 Å². The van der Waals surface area contributed by atoms with E-state index in [0.29, 0.717) is 6.54 Å². The standard InChI is InChI=1S/C12H24N2O2S/c1-10-6-5-9-14(12(10)13)17(15,16)11-7-3-2-4-8-11/h10-12H,2-9,13H2,1H3. The van der Waals surface area contributed by atoms with E-state index >= 15 is 0 Å². The van der Waals surface area contributed by atoms with Crippen molar-refractivity contribution in [3.63, 3.8) is 0 Å². The lowest BCUT2D eigenvalue weighted by Crippen LogP contribution is -2.55. The van der Waals surface area contributed by atoms with Crippen molar-refractivity contribution in [2.24, 2.45) is 11.7 Å². The Kier molecular flexibility index (Phi) is 4.10. The van der Waals surface area contributed by atoms with Crippen LogP contribution in [-0.4, -0.2) is 30.7 Å². The highest BCUT2D eigenvalue weighted by Crippen LogP contribution is 2.30. The Morgan fingerprint density at radius 2 is 1.71 bits per heavy atom. The number of hydrogen-bond donors (Lipinski definition) is 1. The summed E-state index contributed by atoms with van der Waals surface area (Å²) in [5.41, 5.74) is 6.06. The number of piperidine rings is 1. The normalized spacial score (nSPS) is 33.8. The van der Waals surface area contributed by atoms with Crippen LogP contribution in [-0.2, 0) is 10.0 Å². The van der Waals surface area contributed by atoms with Crippen molar-refractivity contribution >= 4 is 10.0 Å². The number of nitrogens with two attached hydrogens (primary N) is 1. The van der Waals surface area contributed by atoms with Crippen LogP contribution in [0, 0.1) is 5.92 Å². The molecular weight excluding hydrogens is 236 g/mol. The van der Waals surface area contributed by atoms with E-state index in [9.17, 15) is 8.42 Å². The van der Waals surface area contributed by atoms with Crippen molar-refractivity contribution in [3.8, 4) is 0 Å². The Bertz CT molecular complexity index is 350. The highest BCUT2D eigenvalue weighted by molar-refractivity contribution is 7.89. The third kappa shape index (κ3) is 2.66. The molecule has 4 nitrogen and oxygen atoms in total. The van der Waals surface area contributed by atoms with Gasteiger partial charge in [-0.25, -0.2) is 8.42 Å². The predicted octanol–water partition coefficient (Wildman–Crippen LogP) is 1.67. The molecule has 5 heteroatoms. The molecule has 0 spiro atoms. The summed E-state index contributed by atoms with van der Waals surface area (Å²) in [6.45, 7) is 2.66. The Morgan fingerprint density at radius 1 is 1.06 bits per heavy atom. The summed E-state index contributed by atoms with van der Waals surface area (Å²) in [4.78, 5) is 0. The van der Waals surface area contributed by atoms with Gasteiger partial charge in [0.25, 0.3) is 0 Å². The Morgan fingerprint density at radius 3 is 2.35 bits per heavy atom. The topological polar surface area (TPSA) is 63.4 Å². The summed E-state index contributed by atoms with van der Waals surface area (Å²) in [7, 11) is -3.16. The van der Waals surface area contributed by atoms with Gasteiger partial charge < -0.3 is 5.73 Å². The predicted molar refractivity (Wildman–Crippen MR) is 68.9 cm³/mol. The molecule has 1 saturated heterocycles. The molecule has 2 aliphatic rings. The van der Waals surface area contributed by atoms with E-state index in [1.807, 2.05) is 6.92 Å². The molecule has 2 atom stereocenters. The van der Waals surface area contributed by atoms with Crippen molar-refractivity contribution in [1.82, 2.24) is 4.31 Å². The van der Waals surface area contributed by atoms with Crippen molar-refractivity contribution in [1.29, 1.82) is 0 Å². The fraction of sp³-hybridized carbons (Fsp3) is 1.00. The molecule has 100 valence electrons. The van der Waals surface area contributed by atoms with Crippen LogP contribution in [0.25, 0.3) is 0 Å². The van der Waals surface area contributed by atoms with Crippen LogP contribution in [0.1, 0.15) is 51.9 Å². The van der Waals surface area contributed by atoms with E-state index in [2.05, 4.69) is 0 Å². The zero-order valence-corrected chi connectivity index (χ0v) is 11.5. The number of nitrogens with zero attached hydrogens (tertiary/aromatic N) is 1. The molecule has 2 N–H and O–H groups in total. The molecule has 0 aromatic rings. The fourth-order valence-electron chi connectivity index (χ4n) is 3.02. The largest absolute Gasteiger partial charge is 0.315 e. The van der Waals surface area contributed by atoms with E-state index in [-0.39, 0.29) is 17.3 Å². The average Bonchev–Trinajstić information content (AvgIpc) is 2.33. The average molecular weight is 260 g/mol. The maximum absolute atomic E-state index is 12.5. The minimum atomic E-state index is -3.16. The molecule has 2 rings (SSSR count). The summed E-state index contributed by atoms with van der Waals surface area (Å²) >= 11 is 0. The molecule has 1 aliphatic carbocycles. The highest BCUT2D eigenvalue weighted by atomic mass is 32.2. The molecule has 0 aromatic carbocycles. The molecular formula is C12H24N2O2S. The lowest BCUT2D eigenvalue weighted by molar-refractivity contribution is 0.189. The molecule has 0 radical (unpaired) electrons. The first-order valence-corrected chi connectivity index (χ1v) is 8.30. The van der Waals surface area contributed by atoms with Crippen molar-refractivity contribution in [2.75, 3.05) is 6.54 Å². The van der Waals surface area contributed by atoms with Gasteiger partial charge in [-0.05, 0) is 31.6 Å². The van der Waals surface area contributed by atoms with Gasteiger partial charge >= 0.3 is 0 Å². The van der Waals surface area contributed by atoms with E-state index < -0.39 is 10.0 Å². The van der Waals surface area contributed by atoms with Gasteiger partial charge in [0, 0.05) is 6.54 Å². The van der Waals surface area contributed by atoms with Gasteiger partial charge in [0.15, 0.2) is 0 Å². The van der Waals surface area contributed by atoms with Crippen molar-refractivity contribution in [3.05, 3.63) is 0 Å². The summed E-state index contributed by atoms with van der Waals surface area (Å²) in [5.74, 6) is 0.280. The monoisotopic (exact) mass is 260 g/mol. The molecule has 1 aliphatic heterocycles. The Balaban J connectivity index is 2.13. The number of rotatable bonds is 2. The highest BCUT2D eigenvalue weighted by Gasteiger charge is 2.39. The van der Waals surface area contributed by atoms with Gasteiger partial charge in [-0.2, -0.15) is 4.31 Å². The third-order valence-electron chi connectivity index (χ3n) is 4.25. The lowest BCUT2D eigenvalue weighted by atomic mass is 9.99. The van der Waals surface area contributed by atoms with Crippen LogP contribution >= 0.6 is 0 Å². The van der Waals surface area contributed by atoms with Gasteiger partial charge in [-0.1, -0.05) is 26.2 Å². The summed E-state index contributed by atoms with van der Waals surface area (Å²) in [5, 5.41) is -0.174. The van der Waals surface area contributed by atoms with Gasteiger partial charge in [0.1, 0.15) is 0 Å². The summed E-state index contributed by atoms with van der Waals surface area (Å²) < 4.78 is 26.7. The van der Waals surface area contributed by atoms with Crippen LogP contribution in [0.4, 0.5) is 0 Å². The molecule has 0 bridgehead atoms. The fourth-order valence-corrected chi connectivity index (χ4v) is 5.27. The zero-order valence-electron chi connectivity index (χ0n) is 10.6. The Hall–Kier alpha value is -0.130. The van der Waals surface area contributed by atoms with Crippen LogP contribution in [0.15, 0.2) is 0 Å². The second-order valence-corrected chi connectivity index (χ2v) is 7.69. The van der Waals surface area contributed by atoms with Gasteiger partial charge in [-0.3, -0.25) is 0 Å². The molecule has 2 unspecified atom stereocenters. The molecule has 0 amide bonds. The minimum absolute atomic E-state index is 0.174. The van der Waals surface area contributed by atoms with Crippen molar-refractivity contribution < 1.29 is 8.42 Å². The second kappa shape index (κ2) is 5.24. The maximum Gasteiger partial charge on any atom is 0.218 e. The molecule has 1 heterocycles. The first-order chi connectivity index (χ1) is 8.03. The van der Waals surface area contributed by atoms with Gasteiger partial charge in [-0.15, -0.1) is 0 Å². The van der Waals surface area contributed by atoms with Crippen LogP contribution in [0.3, 0.4) is 0 Å². The van der Waals surface area contributed by atoms with Crippen LogP contribution < -0.4 is 5.73 Å². The summed E-state index contributed by atoms with van der Waals surface area (Å²) in [6, 6.07) is 0. The van der Waals surface area contributed by atoms with E-state index in [4.69, 9.17) is 5.73 Å². The zero-order chi connectivity index (χ0) is 12.5. The first-order valence-electron chi connectivity index (χ1n) is 6.79. The van der Waals surface area contributed by atoms with E-state index in [0.717, 1.165) is 38.5 Å². The quantitative estimate of drug-likeness (QED) is 0.821. The second-order valence-electron chi connectivity index (χ2n) is 5.53. The summed E-state index contributed by atoms with van der Waals surface area (Å²) in [6.07, 6.45) is 6.58. The van der Waals surface area contributed by atoms with Crippen LogP contribution in [0.2, 0.25) is 0 Å². The molecule has 17 heavy (non-hydrogen) atoms. The van der Waals surface area contributed by atoms with E-state index in [1.165, 1.54) is 6.42 Å². The maximum atomic E-state index is 12.5. The smallest absolute Gasteiger partial charge is 0.218 e. The number of sulfonamides is 1. The van der Waals surface area contributed by atoms with Crippen molar-refractivity contribution in [2.45, 2.75) is 63.3 Å². The SMILES string of the molecule is CC1CCCN(S(=O)(=O)C2CCCCC2)C1N. The molecule has 1 saturated carbocycles. The van der Waals surface area contributed by atoms with Gasteiger partial charge in [0.05, 0.1) is 11.4 Å². The lowest BCUT2D eigenvalue weighted by Gasteiger charge is -2.39. The molecule has 2 fully saturated rings. The first kappa shape index (κ1) is 13.3. The third-order valence-corrected chi connectivity index (χ3v) is 6.65. The molecule has 0 aromatic heterocycles. The van der Waals surface area contributed by atoms with Crippen LogP contribution in [0.5, 0.6) is 0 Å². The Labute approximate surface area is 105 Å². The number of hydrogen-bond acceptors (Lipinski definition) is 3.